The maximum Gasteiger partial charge on any atom is 0.374 e. The van der Waals surface area contributed by atoms with Gasteiger partial charge in [-0.2, -0.15) is 0 Å². The number of hydrogen-bond acceptors (Lipinski definition) is 5. The van der Waals surface area contributed by atoms with Crippen LogP contribution in [-0.4, -0.2) is 31.3 Å². The fraction of sp³-hybridized carbons (Fsp3) is 0.462. The zero-order chi connectivity index (χ0) is 14.6. The topological polar surface area (TPSA) is 85.6 Å². The Morgan fingerprint density at radius 2 is 1.89 bits per heavy atom. The number of furan rings is 1. The van der Waals surface area contributed by atoms with E-state index in [1.54, 1.807) is 6.92 Å². The Labute approximate surface area is 111 Å². The van der Waals surface area contributed by atoms with Gasteiger partial charge in [-0.3, -0.25) is 9.59 Å². The van der Waals surface area contributed by atoms with Gasteiger partial charge in [0, 0.05) is 19.0 Å². The largest absolute Gasteiger partial charge is 0.463 e. The van der Waals surface area contributed by atoms with Crippen LogP contribution < -0.4 is 5.32 Å². The molecule has 0 aliphatic carbocycles. The van der Waals surface area contributed by atoms with Crippen molar-refractivity contribution < 1.29 is 23.5 Å². The first-order valence-corrected chi connectivity index (χ1v) is 5.84. The van der Waals surface area contributed by atoms with Crippen LogP contribution in [0.2, 0.25) is 0 Å². The monoisotopic (exact) mass is 267 g/mol. The summed E-state index contributed by atoms with van der Waals surface area (Å²) in [5.41, 5.74) is 0.858. The van der Waals surface area contributed by atoms with Gasteiger partial charge in [0.2, 0.25) is 11.7 Å². The van der Waals surface area contributed by atoms with E-state index in [-0.39, 0.29) is 17.5 Å². The lowest BCUT2D eigenvalue weighted by Crippen LogP contribution is -2.23. The number of ketones is 1. The number of rotatable bonds is 5. The second-order valence-corrected chi connectivity index (χ2v) is 4.12. The van der Waals surface area contributed by atoms with Crippen LogP contribution in [0.3, 0.4) is 0 Å². The minimum Gasteiger partial charge on any atom is -0.463 e. The van der Waals surface area contributed by atoms with Crippen LogP contribution in [0.5, 0.6) is 0 Å². The molecular formula is C13H17NO5. The lowest BCUT2D eigenvalue weighted by atomic mass is 10.0. The van der Waals surface area contributed by atoms with Gasteiger partial charge in [0.1, 0.15) is 5.76 Å². The van der Waals surface area contributed by atoms with Crippen molar-refractivity contribution in [3.8, 4) is 0 Å². The fourth-order valence-electron chi connectivity index (χ4n) is 1.91. The van der Waals surface area contributed by atoms with Gasteiger partial charge in [0.25, 0.3) is 0 Å². The molecule has 1 aromatic heterocycles. The number of hydrogen-bond donors (Lipinski definition) is 1. The first kappa shape index (κ1) is 14.9. The summed E-state index contributed by atoms with van der Waals surface area (Å²) in [5, 5.41) is 2.61. The maximum absolute atomic E-state index is 11.6. The van der Waals surface area contributed by atoms with E-state index in [1.807, 2.05) is 0 Å². The van der Waals surface area contributed by atoms with Crippen LogP contribution in [0.25, 0.3) is 0 Å². The molecule has 1 aromatic rings. The Kier molecular flexibility index (Phi) is 4.86. The van der Waals surface area contributed by atoms with Gasteiger partial charge in [-0.15, -0.1) is 0 Å². The van der Waals surface area contributed by atoms with E-state index in [4.69, 9.17) is 4.42 Å². The highest BCUT2D eigenvalue weighted by Crippen LogP contribution is 2.24. The summed E-state index contributed by atoms with van der Waals surface area (Å²) in [6.45, 7) is 4.73. The smallest absolute Gasteiger partial charge is 0.374 e. The zero-order valence-electron chi connectivity index (χ0n) is 11.5. The standard InChI is InChI=1S/C13H17NO5/c1-7(15)11-8(2)19-12(13(17)18-4)10(11)5-6-14-9(3)16/h5-6H2,1-4H3,(H,14,16). The molecule has 19 heavy (non-hydrogen) atoms. The average molecular weight is 267 g/mol. The first-order valence-electron chi connectivity index (χ1n) is 5.84. The molecule has 0 spiro atoms. The van der Waals surface area contributed by atoms with Gasteiger partial charge in [-0.1, -0.05) is 0 Å². The van der Waals surface area contributed by atoms with Crippen molar-refractivity contribution in [2.75, 3.05) is 13.7 Å². The van der Waals surface area contributed by atoms with E-state index >= 15 is 0 Å². The molecule has 1 amide bonds. The maximum atomic E-state index is 11.6. The predicted octanol–water partition coefficient (Wildman–Crippen LogP) is 1.26. The third-order valence-electron chi connectivity index (χ3n) is 2.65. The lowest BCUT2D eigenvalue weighted by Gasteiger charge is -2.04. The molecule has 0 fully saturated rings. The summed E-state index contributed by atoms with van der Waals surface area (Å²) in [4.78, 5) is 34.1. The second-order valence-electron chi connectivity index (χ2n) is 4.12. The summed E-state index contributed by atoms with van der Waals surface area (Å²) >= 11 is 0. The number of esters is 1. The number of amides is 1. The van der Waals surface area contributed by atoms with Crippen molar-refractivity contribution in [2.24, 2.45) is 0 Å². The minimum atomic E-state index is -0.631. The Morgan fingerprint density at radius 3 is 2.37 bits per heavy atom. The molecule has 1 rings (SSSR count). The first-order chi connectivity index (χ1) is 8.88. The number of nitrogens with one attached hydrogen (secondary N) is 1. The molecule has 6 heteroatoms. The summed E-state index contributed by atoms with van der Waals surface area (Å²) < 4.78 is 9.93. The quantitative estimate of drug-likeness (QED) is 0.641. The number of ether oxygens (including phenoxy) is 1. The van der Waals surface area contributed by atoms with Crippen LogP contribution in [0.4, 0.5) is 0 Å². The molecule has 1 heterocycles. The molecule has 0 aliphatic heterocycles. The van der Waals surface area contributed by atoms with Gasteiger partial charge in [-0.05, 0) is 20.3 Å². The Balaban J connectivity index is 3.11. The highest BCUT2D eigenvalue weighted by atomic mass is 16.5. The van der Waals surface area contributed by atoms with Gasteiger partial charge >= 0.3 is 5.97 Å². The van der Waals surface area contributed by atoms with Crippen LogP contribution >= 0.6 is 0 Å². The van der Waals surface area contributed by atoms with Crippen molar-refractivity contribution in [1.82, 2.24) is 5.32 Å². The van der Waals surface area contributed by atoms with Crippen LogP contribution in [-0.2, 0) is 16.0 Å². The molecule has 6 nitrogen and oxygen atoms in total. The lowest BCUT2D eigenvalue weighted by molar-refractivity contribution is -0.118. The van der Waals surface area contributed by atoms with E-state index in [2.05, 4.69) is 10.1 Å². The molecule has 1 N–H and O–H groups in total. The SMILES string of the molecule is COC(=O)c1oc(C)c(C(C)=O)c1CCNC(C)=O. The van der Waals surface area contributed by atoms with Gasteiger partial charge < -0.3 is 14.5 Å². The normalized spacial score (nSPS) is 10.1. The van der Waals surface area contributed by atoms with Crippen LogP contribution in [0, 0.1) is 6.92 Å². The third-order valence-corrected chi connectivity index (χ3v) is 2.65. The van der Waals surface area contributed by atoms with Crippen molar-refractivity contribution in [2.45, 2.75) is 27.2 Å². The van der Waals surface area contributed by atoms with Gasteiger partial charge in [0.15, 0.2) is 5.78 Å². The van der Waals surface area contributed by atoms with Crippen LogP contribution in [0.1, 0.15) is 46.1 Å². The van der Waals surface area contributed by atoms with Crippen molar-refractivity contribution in [1.29, 1.82) is 0 Å². The molecule has 0 bridgehead atoms. The van der Waals surface area contributed by atoms with E-state index in [0.717, 1.165) is 0 Å². The third kappa shape index (κ3) is 3.43. The summed E-state index contributed by atoms with van der Waals surface area (Å²) in [5.74, 6) is -0.590. The second kappa shape index (κ2) is 6.17. The Hall–Kier alpha value is -2.11. The molecule has 0 saturated heterocycles. The number of carbonyl (C=O) groups excluding carboxylic acids is 3. The predicted molar refractivity (Wildman–Crippen MR) is 67.2 cm³/mol. The molecule has 0 atom stereocenters. The van der Waals surface area contributed by atoms with Gasteiger partial charge in [0.05, 0.1) is 12.7 Å². The van der Waals surface area contributed by atoms with Crippen molar-refractivity contribution in [3.05, 3.63) is 22.6 Å². The zero-order valence-corrected chi connectivity index (χ0v) is 11.5. The summed E-state index contributed by atoms with van der Waals surface area (Å²) in [6.07, 6.45) is 0.330. The minimum absolute atomic E-state index is 0.0237. The number of Topliss-reactive ketones (excluding diaryl/α,β-unsaturated/α-hetero) is 1. The molecule has 0 radical (unpaired) electrons. The van der Waals surface area contributed by atoms with E-state index in [1.165, 1.54) is 21.0 Å². The van der Waals surface area contributed by atoms with E-state index in [9.17, 15) is 14.4 Å². The van der Waals surface area contributed by atoms with E-state index in [0.29, 0.717) is 29.9 Å². The molecular weight excluding hydrogens is 250 g/mol. The molecule has 104 valence electrons. The molecule has 0 aromatic carbocycles. The van der Waals surface area contributed by atoms with Crippen molar-refractivity contribution in [3.63, 3.8) is 0 Å². The highest BCUT2D eigenvalue weighted by molar-refractivity contribution is 6.00. The molecule has 0 aliphatic rings. The van der Waals surface area contributed by atoms with Crippen molar-refractivity contribution >= 4 is 17.7 Å². The Morgan fingerprint density at radius 1 is 1.26 bits per heavy atom. The fourth-order valence-corrected chi connectivity index (χ4v) is 1.91. The summed E-state index contributed by atoms with van der Waals surface area (Å²) in [6, 6.07) is 0. The Bertz CT molecular complexity index is 515. The highest BCUT2D eigenvalue weighted by Gasteiger charge is 2.25. The molecule has 0 saturated carbocycles. The molecule has 0 unspecified atom stereocenters. The summed E-state index contributed by atoms with van der Waals surface area (Å²) in [7, 11) is 1.24. The number of aryl methyl sites for hydroxylation is 1. The average Bonchev–Trinajstić information content (AvgIpc) is 2.65. The van der Waals surface area contributed by atoms with E-state index < -0.39 is 5.97 Å². The number of methoxy groups -OCH3 is 1. The van der Waals surface area contributed by atoms with Gasteiger partial charge in [-0.25, -0.2) is 4.79 Å². The van der Waals surface area contributed by atoms with Crippen LogP contribution in [0.15, 0.2) is 4.42 Å². The number of carbonyl (C=O) groups is 3.